The molecule has 18 nitrogen and oxygen atoms in total. The number of likely N-dealkylation sites (tertiary alicyclic amines) is 1. The molecule has 1 saturated carbocycles. The summed E-state index contributed by atoms with van der Waals surface area (Å²) in [4.78, 5) is 74.2. The molecule has 5 N–H and O–H groups in total. The number of benzene rings is 2. The van der Waals surface area contributed by atoms with Crippen molar-refractivity contribution in [3.63, 3.8) is 0 Å². The molecule has 19 heteroatoms. The highest BCUT2D eigenvalue weighted by atomic mass is 32.1. The quantitative estimate of drug-likeness (QED) is 0.0304. The van der Waals surface area contributed by atoms with Gasteiger partial charge in [0, 0.05) is 67.2 Å². The van der Waals surface area contributed by atoms with E-state index in [-0.39, 0.29) is 81.4 Å². The summed E-state index contributed by atoms with van der Waals surface area (Å²) in [5.74, 6) is 0.565. The number of aliphatic hydroxyl groups is 1. The van der Waals surface area contributed by atoms with Crippen molar-refractivity contribution in [2.45, 2.75) is 104 Å². The Morgan fingerprint density at radius 2 is 1.76 bits per heavy atom. The second-order valence-electron chi connectivity index (χ2n) is 19.3. The van der Waals surface area contributed by atoms with Crippen LogP contribution in [0.25, 0.3) is 15.3 Å². The standard InChI is InChI=1S/C52H60N12O6S/c1-32-19-23-71-47(32)36-10-6-34(7-11-36)28-55-49(68)42-25-40(65)31-64(42)50(69)48(52(2,3)4)60-46(67)18-21-70-22-20-63-30-39(61-62-63)16-17-43(66)41-26-45(58-44-24-37(29-54-44)35-12-13-35)59-51(57-41)56-38-14-8-33(9-15-38)27-53-5/h6-11,14-15,19,23-24,26,30,35,40,42,48,65H,12-13,16-18,20-22,25,27-29,31H2,1-4H3,(H,55,68)(H,60,67)(H2,54,56,57,58,59)/t40-,42+,48-/m1/s1. The minimum Gasteiger partial charge on any atom is -0.391 e. The number of aryl methyl sites for hydroxylation is 2. The number of aliphatic imine (C=N–C) groups is 1. The number of aliphatic hydroxyl groups excluding tert-OH is 1. The van der Waals surface area contributed by atoms with Crippen LogP contribution in [0.15, 0.2) is 88.9 Å². The van der Waals surface area contributed by atoms with E-state index in [9.17, 15) is 24.3 Å². The number of hydrogen-bond donors (Lipinski definition) is 5. The van der Waals surface area contributed by atoms with Crippen LogP contribution in [0.5, 0.6) is 0 Å². The number of ether oxygens (including phenoxy) is 1. The first-order valence-electron chi connectivity index (χ1n) is 24.0. The van der Waals surface area contributed by atoms with Crippen molar-refractivity contribution in [2.75, 3.05) is 36.9 Å². The van der Waals surface area contributed by atoms with Gasteiger partial charge in [0.2, 0.25) is 30.2 Å². The van der Waals surface area contributed by atoms with Crippen molar-refractivity contribution in [2.24, 2.45) is 16.3 Å². The Bertz CT molecular complexity index is 2820. The number of carbonyl (C=O) groups is 4. The van der Waals surface area contributed by atoms with Gasteiger partial charge in [0.05, 0.1) is 38.1 Å². The fourth-order valence-corrected chi connectivity index (χ4v) is 9.37. The molecule has 2 fully saturated rings. The Kier molecular flexibility index (Phi) is 16.1. The van der Waals surface area contributed by atoms with Crippen LogP contribution in [0.1, 0.15) is 85.7 Å². The Balaban J connectivity index is 0.786. The second-order valence-corrected chi connectivity index (χ2v) is 20.2. The topological polar surface area (TPSA) is 222 Å². The minimum absolute atomic E-state index is 0.0126. The second kappa shape index (κ2) is 22.7. The molecule has 5 heterocycles. The number of anilines is 3. The molecule has 370 valence electrons. The van der Waals surface area contributed by atoms with Crippen LogP contribution in [0.2, 0.25) is 0 Å². The molecule has 1 aliphatic carbocycles. The molecule has 0 spiro atoms. The normalized spacial score (nSPS) is 17.0. The Labute approximate surface area is 417 Å². The van der Waals surface area contributed by atoms with Gasteiger partial charge in [-0.15, -0.1) is 16.4 Å². The number of Topliss-reactive ketones (excluding diaryl/α,β-unsaturated/α-hetero) is 1. The lowest BCUT2D eigenvalue weighted by molar-refractivity contribution is -0.144. The average Bonchev–Trinajstić information content (AvgIpc) is 3.63. The Hall–Kier alpha value is -7.14. The summed E-state index contributed by atoms with van der Waals surface area (Å²) in [5.41, 5.74) is 6.26. The van der Waals surface area contributed by atoms with Crippen molar-refractivity contribution in [1.29, 1.82) is 0 Å². The summed E-state index contributed by atoms with van der Waals surface area (Å²) in [5, 5.41) is 33.4. The molecule has 0 unspecified atom stereocenters. The molecular formula is C52H60N12O6S. The largest absolute Gasteiger partial charge is 0.391 e. The van der Waals surface area contributed by atoms with Gasteiger partial charge < -0.3 is 40.9 Å². The van der Waals surface area contributed by atoms with Crippen molar-refractivity contribution < 1.29 is 29.0 Å². The van der Waals surface area contributed by atoms with Crippen molar-refractivity contribution in [1.82, 2.24) is 40.5 Å². The molecule has 8 rings (SSSR count). The summed E-state index contributed by atoms with van der Waals surface area (Å²) < 4.78 is 7.38. The number of carbonyl (C=O) groups excluding carboxylic acids is 4. The summed E-state index contributed by atoms with van der Waals surface area (Å²) in [6, 6.07) is 17.2. The molecule has 3 atom stereocenters. The molecule has 0 radical (unpaired) electrons. The van der Waals surface area contributed by atoms with E-state index in [1.807, 2.05) is 69.3 Å². The Morgan fingerprint density at radius 3 is 2.48 bits per heavy atom. The van der Waals surface area contributed by atoms with Crippen molar-refractivity contribution in [3.8, 4) is 10.4 Å². The summed E-state index contributed by atoms with van der Waals surface area (Å²) in [6.45, 7) is 16.6. The number of rotatable bonds is 21. The number of ketones is 1. The van der Waals surface area contributed by atoms with E-state index in [1.165, 1.54) is 33.8 Å². The molecule has 3 amide bonds. The van der Waals surface area contributed by atoms with Crippen LogP contribution >= 0.6 is 11.3 Å². The van der Waals surface area contributed by atoms with Crippen LogP contribution < -0.4 is 21.3 Å². The van der Waals surface area contributed by atoms with E-state index in [2.05, 4.69) is 75.8 Å². The molecule has 3 aromatic heterocycles. The number of amidine groups is 1. The van der Waals surface area contributed by atoms with Gasteiger partial charge >= 0.3 is 0 Å². The van der Waals surface area contributed by atoms with Crippen molar-refractivity contribution in [3.05, 3.63) is 123 Å². The van der Waals surface area contributed by atoms with Gasteiger partial charge in [-0.2, -0.15) is 4.98 Å². The summed E-state index contributed by atoms with van der Waals surface area (Å²) >= 11 is 1.68. The van der Waals surface area contributed by atoms with Gasteiger partial charge in [0.15, 0.2) is 5.78 Å². The van der Waals surface area contributed by atoms with Crippen LogP contribution in [0, 0.1) is 24.8 Å². The highest BCUT2D eigenvalue weighted by Gasteiger charge is 2.44. The molecule has 0 bridgehead atoms. The zero-order valence-corrected chi connectivity index (χ0v) is 41.3. The number of hydrogen-bond acceptors (Lipinski definition) is 14. The SMILES string of the molecule is [C-]#[N+]Cc1ccc(Nc2nc(NC3=NCC(C4CC4)=C3)cc(C(=O)CCc3cn(CCOCCC(=O)N[C@H](C(=O)N4C[C@H](O)C[C@H]4C(=O)NCc4ccc(-c5sccc5C)cc4)C(C)(C)C)nn3)n2)cc1. The third-order valence-corrected chi connectivity index (χ3v) is 13.6. The van der Waals surface area contributed by atoms with E-state index in [1.54, 1.807) is 28.3 Å². The Morgan fingerprint density at radius 1 is 0.986 bits per heavy atom. The van der Waals surface area contributed by atoms with Gasteiger partial charge in [-0.1, -0.05) is 50.3 Å². The number of β-amino-alcohol motifs (C(OH)–C–C–N with tert-alkyl or cyclic N) is 1. The zero-order valence-electron chi connectivity index (χ0n) is 40.5. The van der Waals surface area contributed by atoms with E-state index in [0.717, 1.165) is 16.7 Å². The molecule has 2 aliphatic heterocycles. The fourth-order valence-electron chi connectivity index (χ4n) is 8.44. The van der Waals surface area contributed by atoms with Crippen LogP contribution in [0.3, 0.4) is 0 Å². The number of aromatic nitrogens is 5. The maximum Gasteiger partial charge on any atom is 0.246 e. The molecule has 1 saturated heterocycles. The lowest BCUT2D eigenvalue weighted by Gasteiger charge is -2.35. The first kappa shape index (κ1) is 50.3. The highest BCUT2D eigenvalue weighted by molar-refractivity contribution is 7.13. The van der Waals surface area contributed by atoms with Crippen LogP contribution in [-0.2, 0) is 45.2 Å². The monoisotopic (exact) mass is 980 g/mol. The maximum absolute atomic E-state index is 14.1. The van der Waals surface area contributed by atoms with E-state index >= 15 is 0 Å². The van der Waals surface area contributed by atoms with Gasteiger partial charge in [-0.05, 0) is 95.1 Å². The smallest absolute Gasteiger partial charge is 0.246 e. The lowest BCUT2D eigenvalue weighted by atomic mass is 9.85. The molecule has 2 aromatic carbocycles. The first-order chi connectivity index (χ1) is 34.2. The maximum atomic E-state index is 14.1. The predicted molar refractivity (Wildman–Crippen MR) is 271 cm³/mol. The number of nitrogens with zero attached hydrogens (tertiary/aromatic N) is 8. The minimum atomic E-state index is -0.958. The third kappa shape index (κ3) is 13.6. The summed E-state index contributed by atoms with van der Waals surface area (Å²) in [6.07, 6.45) is 5.81. The number of thiophene rings is 1. The molecule has 3 aliphatic rings. The van der Waals surface area contributed by atoms with Gasteiger partial charge in [0.1, 0.15) is 29.4 Å². The van der Waals surface area contributed by atoms with Crippen molar-refractivity contribution >= 4 is 58.1 Å². The predicted octanol–water partition coefficient (Wildman–Crippen LogP) is 6.46. The number of nitrogens with one attached hydrogen (secondary N) is 4. The van der Waals surface area contributed by atoms with E-state index in [4.69, 9.17) is 11.3 Å². The zero-order chi connectivity index (χ0) is 50.1. The third-order valence-electron chi connectivity index (χ3n) is 12.6. The van der Waals surface area contributed by atoms with Gasteiger partial charge in [-0.3, -0.25) is 24.2 Å². The van der Waals surface area contributed by atoms with Crippen LogP contribution in [0.4, 0.5) is 17.5 Å². The average molecular weight is 981 g/mol. The van der Waals surface area contributed by atoms with E-state index < -0.39 is 29.5 Å². The van der Waals surface area contributed by atoms with Crippen LogP contribution in [-0.4, -0.2) is 109 Å². The fraction of sp³-hybridized carbons (Fsp3) is 0.423. The number of amides is 3. The lowest BCUT2D eigenvalue weighted by Crippen LogP contribution is -2.57. The van der Waals surface area contributed by atoms with Gasteiger partial charge in [0.25, 0.3) is 0 Å². The van der Waals surface area contributed by atoms with E-state index in [0.29, 0.717) is 48.5 Å². The first-order valence-corrected chi connectivity index (χ1v) is 24.9. The van der Waals surface area contributed by atoms with Gasteiger partial charge in [-0.25, -0.2) is 16.2 Å². The highest BCUT2D eigenvalue weighted by Crippen LogP contribution is 2.38. The molecule has 5 aromatic rings. The molecule has 71 heavy (non-hydrogen) atoms. The summed E-state index contributed by atoms with van der Waals surface area (Å²) in [7, 11) is 0. The molecular weight excluding hydrogens is 921 g/mol.